The zero-order valence-electron chi connectivity index (χ0n) is 15.6. The lowest BCUT2D eigenvalue weighted by atomic mass is 9.85. The van der Waals surface area contributed by atoms with Crippen LogP contribution in [0.4, 0.5) is 25.0 Å². The fraction of sp³-hybridized carbons (Fsp3) is 0.333. The molecule has 3 amide bonds. The van der Waals surface area contributed by atoms with Crippen molar-refractivity contribution in [3.05, 3.63) is 60.2 Å². The fourth-order valence-electron chi connectivity index (χ4n) is 3.38. The number of rotatable bonds is 4. The molecule has 2 aromatic carbocycles. The molecule has 1 atom stereocenters. The van der Waals surface area contributed by atoms with Crippen LogP contribution >= 0.6 is 0 Å². The summed E-state index contributed by atoms with van der Waals surface area (Å²) in [7, 11) is 0. The number of urea groups is 1. The molecule has 5 nitrogen and oxygen atoms in total. The third kappa shape index (κ3) is 4.85. The minimum atomic E-state index is -0.798. The smallest absolute Gasteiger partial charge is 0.321 e. The summed E-state index contributed by atoms with van der Waals surface area (Å²) in [5.74, 6) is -2.05. The summed E-state index contributed by atoms with van der Waals surface area (Å²) in [5, 5.41) is 5.38. The highest BCUT2D eigenvalue weighted by Gasteiger charge is 2.30. The highest BCUT2D eigenvalue weighted by molar-refractivity contribution is 5.92. The summed E-state index contributed by atoms with van der Waals surface area (Å²) in [6, 6.07) is 12.1. The molecule has 148 valence electrons. The largest absolute Gasteiger partial charge is 0.325 e. The lowest BCUT2D eigenvalue weighted by Gasteiger charge is -2.34. The zero-order valence-corrected chi connectivity index (χ0v) is 15.6. The van der Waals surface area contributed by atoms with Crippen LogP contribution in [0.15, 0.2) is 48.5 Å². The Hall–Kier alpha value is -2.96. The number of hydrogen-bond acceptors (Lipinski definition) is 2. The molecule has 2 N–H and O–H groups in total. The minimum Gasteiger partial charge on any atom is -0.325 e. The number of likely N-dealkylation sites (tertiary alicyclic amines) is 1. The molecule has 1 aliphatic heterocycles. The Morgan fingerprint density at radius 3 is 2.36 bits per heavy atom. The number of carbonyl (C=O) groups excluding carboxylic acids is 2. The lowest BCUT2D eigenvalue weighted by Crippen LogP contribution is -2.43. The fourth-order valence-corrected chi connectivity index (χ4v) is 3.38. The molecule has 0 bridgehead atoms. The molecule has 1 saturated heterocycles. The molecule has 28 heavy (non-hydrogen) atoms. The van der Waals surface area contributed by atoms with Crippen molar-refractivity contribution in [1.29, 1.82) is 0 Å². The van der Waals surface area contributed by atoms with Crippen LogP contribution in [0.5, 0.6) is 0 Å². The standard InChI is InChI=1S/C21H23F2N3O2/c1-14(20(27)25-19-8-7-16(22)13-18(19)23)15-9-11-26(12-10-15)21(28)24-17-5-3-2-4-6-17/h2-8,13-15H,9-12H2,1H3,(H,24,28)(H,25,27)/t14-/m0/s1. The first kappa shape index (κ1) is 19.8. The van der Waals surface area contributed by atoms with Gasteiger partial charge in [-0.1, -0.05) is 25.1 Å². The van der Waals surface area contributed by atoms with Crippen molar-refractivity contribution in [1.82, 2.24) is 4.90 Å². The van der Waals surface area contributed by atoms with E-state index in [1.54, 1.807) is 11.8 Å². The van der Waals surface area contributed by atoms with Gasteiger partial charge in [0, 0.05) is 30.8 Å². The summed E-state index contributed by atoms with van der Waals surface area (Å²) in [6.07, 6.45) is 1.37. The summed E-state index contributed by atoms with van der Waals surface area (Å²) in [5.41, 5.74) is 0.710. The number of amides is 3. The molecule has 0 spiro atoms. The number of halogens is 2. The predicted molar refractivity (Wildman–Crippen MR) is 104 cm³/mol. The number of hydrogen-bond donors (Lipinski definition) is 2. The number of piperidine rings is 1. The van der Waals surface area contributed by atoms with E-state index < -0.39 is 11.6 Å². The van der Waals surface area contributed by atoms with E-state index in [4.69, 9.17) is 0 Å². The molecule has 1 heterocycles. The molecule has 0 radical (unpaired) electrons. The van der Waals surface area contributed by atoms with Crippen molar-refractivity contribution >= 4 is 23.3 Å². The van der Waals surface area contributed by atoms with E-state index >= 15 is 0 Å². The molecular formula is C21H23F2N3O2. The van der Waals surface area contributed by atoms with E-state index in [9.17, 15) is 18.4 Å². The summed E-state index contributed by atoms with van der Waals surface area (Å²) in [6.45, 7) is 2.89. The average molecular weight is 387 g/mol. The molecule has 7 heteroatoms. The van der Waals surface area contributed by atoms with Gasteiger partial charge in [0.05, 0.1) is 5.69 Å². The third-order valence-corrected chi connectivity index (χ3v) is 5.16. The number of carbonyl (C=O) groups is 2. The molecule has 0 saturated carbocycles. The van der Waals surface area contributed by atoms with E-state index in [0.29, 0.717) is 25.9 Å². The topological polar surface area (TPSA) is 61.4 Å². The quantitative estimate of drug-likeness (QED) is 0.812. The van der Waals surface area contributed by atoms with Gasteiger partial charge in [-0.05, 0) is 43.0 Å². The molecule has 3 rings (SSSR count). The SMILES string of the molecule is C[C@H](C(=O)Nc1ccc(F)cc1F)C1CCN(C(=O)Nc2ccccc2)CC1. The maximum atomic E-state index is 13.7. The van der Waals surface area contributed by atoms with Crippen molar-refractivity contribution in [3.63, 3.8) is 0 Å². The van der Waals surface area contributed by atoms with Crippen LogP contribution in [-0.2, 0) is 4.79 Å². The highest BCUT2D eigenvalue weighted by Crippen LogP contribution is 2.27. The molecule has 0 aromatic heterocycles. The van der Waals surface area contributed by atoms with Crippen LogP contribution < -0.4 is 10.6 Å². The molecule has 0 unspecified atom stereocenters. The van der Waals surface area contributed by atoms with Crippen LogP contribution in [0.25, 0.3) is 0 Å². The Labute approximate surface area is 162 Å². The zero-order chi connectivity index (χ0) is 20.1. The van der Waals surface area contributed by atoms with Gasteiger partial charge in [0.2, 0.25) is 5.91 Å². The average Bonchev–Trinajstić information content (AvgIpc) is 2.70. The first-order chi connectivity index (χ1) is 13.4. The maximum Gasteiger partial charge on any atom is 0.321 e. The van der Waals surface area contributed by atoms with E-state index in [1.807, 2.05) is 30.3 Å². The number of nitrogens with one attached hydrogen (secondary N) is 2. The second-order valence-corrected chi connectivity index (χ2v) is 7.02. The molecule has 2 aromatic rings. The van der Waals surface area contributed by atoms with Crippen LogP contribution in [0, 0.1) is 23.5 Å². The third-order valence-electron chi connectivity index (χ3n) is 5.16. The number of benzene rings is 2. The van der Waals surface area contributed by atoms with Crippen molar-refractivity contribution in [3.8, 4) is 0 Å². The van der Waals surface area contributed by atoms with Crippen molar-refractivity contribution in [2.75, 3.05) is 23.7 Å². The van der Waals surface area contributed by atoms with Crippen LogP contribution in [0.3, 0.4) is 0 Å². The molecular weight excluding hydrogens is 364 g/mol. The van der Waals surface area contributed by atoms with Crippen LogP contribution in [0.2, 0.25) is 0 Å². The number of nitrogens with zero attached hydrogens (tertiary/aromatic N) is 1. The Bertz CT molecular complexity index is 837. The van der Waals surface area contributed by atoms with E-state index in [2.05, 4.69) is 10.6 Å². The Morgan fingerprint density at radius 1 is 1.04 bits per heavy atom. The first-order valence-corrected chi connectivity index (χ1v) is 9.31. The minimum absolute atomic E-state index is 0.0297. The van der Waals surface area contributed by atoms with E-state index in [0.717, 1.165) is 17.8 Å². The molecule has 1 fully saturated rings. The monoisotopic (exact) mass is 387 g/mol. The van der Waals surface area contributed by atoms with Gasteiger partial charge < -0.3 is 15.5 Å². The lowest BCUT2D eigenvalue weighted by molar-refractivity contribution is -0.121. The van der Waals surface area contributed by atoms with Crippen molar-refractivity contribution < 1.29 is 18.4 Å². The van der Waals surface area contributed by atoms with Gasteiger partial charge in [0.25, 0.3) is 0 Å². The van der Waals surface area contributed by atoms with Gasteiger partial charge in [-0.3, -0.25) is 4.79 Å². The predicted octanol–water partition coefficient (Wildman–Crippen LogP) is 4.48. The second kappa shape index (κ2) is 8.82. The highest BCUT2D eigenvalue weighted by atomic mass is 19.1. The number of para-hydroxylation sites is 1. The van der Waals surface area contributed by atoms with Crippen molar-refractivity contribution in [2.24, 2.45) is 11.8 Å². The van der Waals surface area contributed by atoms with Crippen molar-refractivity contribution in [2.45, 2.75) is 19.8 Å². The summed E-state index contributed by atoms with van der Waals surface area (Å²) < 4.78 is 26.7. The number of anilines is 2. The molecule has 0 aliphatic carbocycles. The van der Waals surface area contributed by atoms with Gasteiger partial charge in [-0.2, -0.15) is 0 Å². The van der Waals surface area contributed by atoms with Crippen LogP contribution in [0.1, 0.15) is 19.8 Å². The normalized spacial score (nSPS) is 15.8. The van der Waals surface area contributed by atoms with Gasteiger partial charge >= 0.3 is 6.03 Å². The van der Waals surface area contributed by atoms with Crippen LogP contribution in [-0.4, -0.2) is 29.9 Å². The Kier molecular flexibility index (Phi) is 6.23. The first-order valence-electron chi connectivity index (χ1n) is 9.31. The van der Waals surface area contributed by atoms with Gasteiger partial charge in [-0.15, -0.1) is 0 Å². The summed E-state index contributed by atoms with van der Waals surface area (Å²) >= 11 is 0. The van der Waals surface area contributed by atoms with E-state index in [1.165, 1.54) is 6.07 Å². The van der Waals surface area contributed by atoms with Gasteiger partial charge in [0.1, 0.15) is 11.6 Å². The Balaban J connectivity index is 1.51. The summed E-state index contributed by atoms with van der Waals surface area (Å²) in [4.78, 5) is 26.5. The maximum absolute atomic E-state index is 13.7. The Morgan fingerprint density at radius 2 is 1.71 bits per heavy atom. The van der Waals surface area contributed by atoms with Gasteiger partial charge in [0.15, 0.2) is 0 Å². The molecule has 1 aliphatic rings. The van der Waals surface area contributed by atoms with E-state index in [-0.39, 0.29) is 29.5 Å². The second-order valence-electron chi connectivity index (χ2n) is 7.02. The van der Waals surface area contributed by atoms with Gasteiger partial charge in [-0.25, -0.2) is 13.6 Å².